The van der Waals surface area contributed by atoms with Crippen molar-refractivity contribution in [2.45, 2.75) is 32.7 Å². The van der Waals surface area contributed by atoms with Gasteiger partial charge in [-0.15, -0.1) is 0 Å². The van der Waals surface area contributed by atoms with Crippen LogP contribution in [0.1, 0.15) is 42.1 Å². The summed E-state index contributed by atoms with van der Waals surface area (Å²) in [5.41, 5.74) is 1.16. The van der Waals surface area contributed by atoms with Crippen molar-refractivity contribution in [3.05, 3.63) is 35.4 Å². The highest BCUT2D eigenvalue weighted by Gasteiger charge is 2.14. The summed E-state index contributed by atoms with van der Waals surface area (Å²) in [6.07, 6.45) is 1.82. The lowest BCUT2D eigenvalue weighted by molar-refractivity contribution is -0.142. The van der Waals surface area contributed by atoms with Gasteiger partial charge in [-0.25, -0.2) is 0 Å². The van der Waals surface area contributed by atoms with E-state index < -0.39 is 11.9 Å². The standard InChI is InChI=1S/C19H27N3O6/c1-2-20-16(23)5-3-4-10-21-19(28)15-8-6-14(7-9-15)11-22(12-17(24)25)13-18(26)27/h6-9H,2-5,10-13H2,1H3,(H,20,23)(H,21,28)(H,24,25)(H,26,27). The molecule has 0 aromatic heterocycles. The van der Waals surface area contributed by atoms with Crippen LogP contribution in [0.5, 0.6) is 0 Å². The highest BCUT2D eigenvalue weighted by atomic mass is 16.4. The number of nitrogens with one attached hydrogen (secondary N) is 2. The van der Waals surface area contributed by atoms with Crippen molar-refractivity contribution in [3.63, 3.8) is 0 Å². The van der Waals surface area contributed by atoms with E-state index in [4.69, 9.17) is 10.2 Å². The van der Waals surface area contributed by atoms with Crippen LogP contribution in [0.25, 0.3) is 0 Å². The van der Waals surface area contributed by atoms with Crippen LogP contribution in [-0.2, 0) is 20.9 Å². The maximum atomic E-state index is 12.1. The number of carboxylic acid groups (broad SMARTS) is 2. The third kappa shape index (κ3) is 9.67. The first kappa shape index (κ1) is 23.1. The number of amides is 2. The Hall–Kier alpha value is -2.94. The van der Waals surface area contributed by atoms with Crippen molar-refractivity contribution in [2.24, 2.45) is 0 Å². The van der Waals surface area contributed by atoms with Crippen molar-refractivity contribution in [1.29, 1.82) is 0 Å². The SMILES string of the molecule is CCNC(=O)CCCCNC(=O)c1ccc(CN(CC(=O)O)CC(=O)O)cc1. The Morgan fingerprint density at radius 1 is 0.929 bits per heavy atom. The largest absolute Gasteiger partial charge is 0.480 e. The lowest BCUT2D eigenvalue weighted by Crippen LogP contribution is -2.34. The Morgan fingerprint density at radius 2 is 1.54 bits per heavy atom. The highest BCUT2D eigenvalue weighted by Crippen LogP contribution is 2.08. The second-order valence-corrected chi connectivity index (χ2v) is 6.30. The zero-order valence-corrected chi connectivity index (χ0v) is 15.9. The Balaban J connectivity index is 2.45. The second kappa shape index (κ2) is 12.4. The van der Waals surface area contributed by atoms with E-state index in [0.29, 0.717) is 43.5 Å². The summed E-state index contributed by atoms with van der Waals surface area (Å²) in [5.74, 6) is -2.45. The molecule has 0 fully saturated rings. The first-order valence-electron chi connectivity index (χ1n) is 9.11. The Kier molecular flexibility index (Phi) is 10.3. The number of hydrogen-bond donors (Lipinski definition) is 4. The van der Waals surface area contributed by atoms with Crippen LogP contribution >= 0.6 is 0 Å². The van der Waals surface area contributed by atoms with Crippen LogP contribution in [0.2, 0.25) is 0 Å². The van der Waals surface area contributed by atoms with Gasteiger partial charge in [0.05, 0.1) is 13.1 Å². The molecule has 28 heavy (non-hydrogen) atoms. The monoisotopic (exact) mass is 393 g/mol. The van der Waals surface area contributed by atoms with Crippen molar-refractivity contribution in [1.82, 2.24) is 15.5 Å². The molecule has 9 heteroatoms. The van der Waals surface area contributed by atoms with E-state index in [2.05, 4.69) is 10.6 Å². The molecule has 1 rings (SSSR count). The number of unbranched alkanes of at least 4 members (excludes halogenated alkanes) is 1. The van der Waals surface area contributed by atoms with Crippen molar-refractivity contribution in [3.8, 4) is 0 Å². The molecular formula is C19H27N3O6. The number of aliphatic carboxylic acids is 2. The zero-order chi connectivity index (χ0) is 20.9. The summed E-state index contributed by atoms with van der Waals surface area (Å²) >= 11 is 0. The fourth-order valence-corrected chi connectivity index (χ4v) is 2.57. The van der Waals surface area contributed by atoms with Gasteiger partial charge in [0.25, 0.3) is 5.91 Å². The molecule has 4 N–H and O–H groups in total. The quantitative estimate of drug-likeness (QED) is 0.362. The fraction of sp³-hybridized carbons (Fsp3) is 0.474. The van der Waals surface area contributed by atoms with Gasteiger partial charge in [0, 0.05) is 31.6 Å². The average Bonchev–Trinajstić information content (AvgIpc) is 2.61. The van der Waals surface area contributed by atoms with Gasteiger partial charge in [-0.1, -0.05) is 12.1 Å². The molecule has 0 bridgehead atoms. The van der Waals surface area contributed by atoms with E-state index in [1.165, 1.54) is 4.90 Å². The molecule has 0 unspecified atom stereocenters. The van der Waals surface area contributed by atoms with Crippen LogP contribution in [0.3, 0.4) is 0 Å². The van der Waals surface area contributed by atoms with Gasteiger partial charge in [0.2, 0.25) is 5.91 Å². The molecule has 154 valence electrons. The first-order valence-corrected chi connectivity index (χ1v) is 9.11. The fourth-order valence-electron chi connectivity index (χ4n) is 2.57. The normalized spacial score (nSPS) is 10.5. The molecule has 0 saturated heterocycles. The third-order valence-electron chi connectivity index (χ3n) is 3.83. The summed E-state index contributed by atoms with van der Waals surface area (Å²) in [5, 5.41) is 23.2. The van der Waals surface area contributed by atoms with E-state index in [1.54, 1.807) is 24.3 Å². The number of nitrogens with zero attached hydrogens (tertiary/aromatic N) is 1. The van der Waals surface area contributed by atoms with Crippen LogP contribution in [0, 0.1) is 0 Å². The molecule has 0 aliphatic heterocycles. The van der Waals surface area contributed by atoms with Gasteiger partial charge in [-0.3, -0.25) is 24.1 Å². The molecule has 1 aromatic rings. The van der Waals surface area contributed by atoms with E-state index in [1.807, 2.05) is 6.92 Å². The molecule has 0 spiro atoms. The number of carbonyl (C=O) groups excluding carboxylic acids is 2. The molecule has 0 heterocycles. The number of rotatable bonds is 13. The summed E-state index contributed by atoms with van der Waals surface area (Å²) in [7, 11) is 0. The van der Waals surface area contributed by atoms with Gasteiger partial charge in [-0.05, 0) is 37.5 Å². The van der Waals surface area contributed by atoms with Crippen molar-refractivity contribution < 1.29 is 29.4 Å². The number of benzene rings is 1. The second-order valence-electron chi connectivity index (χ2n) is 6.30. The van der Waals surface area contributed by atoms with Gasteiger partial charge < -0.3 is 20.8 Å². The van der Waals surface area contributed by atoms with Crippen LogP contribution < -0.4 is 10.6 Å². The molecule has 2 amide bonds. The number of carboxylic acids is 2. The third-order valence-corrected chi connectivity index (χ3v) is 3.83. The minimum atomic E-state index is -1.11. The predicted octanol–water partition coefficient (Wildman–Crippen LogP) is 0.694. The maximum absolute atomic E-state index is 12.1. The summed E-state index contributed by atoms with van der Waals surface area (Å²) in [6, 6.07) is 6.56. The Morgan fingerprint density at radius 3 is 2.07 bits per heavy atom. The van der Waals surface area contributed by atoms with Crippen LogP contribution in [-0.4, -0.2) is 65.0 Å². The van der Waals surface area contributed by atoms with Gasteiger partial charge in [0.15, 0.2) is 0 Å². The molecule has 0 aliphatic rings. The van der Waals surface area contributed by atoms with Crippen LogP contribution in [0.4, 0.5) is 0 Å². The lowest BCUT2D eigenvalue weighted by atomic mass is 10.1. The van der Waals surface area contributed by atoms with E-state index in [-0.39, 0.29) is 31.4 Å². The molecular weight excluding hydrogens is 366 g/mol. The minimum Gasteiger partial charge on any atom is -0.480 e. The molecule has 9 nitrogen and oxygen atoms in total. The smallest absolute Gasteiger partial charge is 0.317 e. The molecule has 0 radical (unpaired) electrons. The van der Waals surface area contributed by atoms with Crippen molar-refractivity contribution >= 4 is 23.8 Å². The Bertz CT molecular complexity index is 659. The summed E-state index contributed by atoms with van der Waals surface area (Å²) in [4.78, 5) is 46.4. The van der Waals surface area contributed by atoms with Gasteiger partial charge >= 0.3 is 11.9 Å². The topological polar surface area (TPSA) is 136 Å². The molecule has 0 aliphatic carbocycles. The average molecular weight is 393 g/mol. The molecule has 1 aromatic carbocycles. The molecule has 0 atom stereocenters. The van der Waals surface area contributed by atoms with E-state index >= 15 is 0 Å². The van der Waals surface area contributed by atoms with E-state index in [0.717, 1.165) is 0 Å². The van der Waals surface area contributed by atoms with Crippen LogP contribution in [0.15, 0.2) is 24.3 Å². The summed E-state index contributed by atoms with van der Waals surface area (Å²) < 4.78 is 0. The predicted molar refractivity (Wildman–Crippen MR) is 102 cm³/mol. The number of carbonyl (C=O) groups is 4. The van der Waals surface area contributed by atoms with E-state index in [9.17, 15) is 19.2 Å². The highest BCUT2D eigenvalue weighted by molar-refractivity contribution is 5.94. The first-order chi connectivity index (χ1) is 13.3. The maximum Gasteiger partial charge on any atom is 0.317 e. The minimum absolute atomic E-state index is 0.00394. The Labute approximate surface area is 163 Å². The van der Waals surface area contributed by atoms with Gasteiger partial charge in [-0.2, -0.15) is 0 Å². The van der Waals surface area contributed by atoms with Crippen molar-refractivity contribution in [2.75, 3.05) is 26.2 Å². The summed E-state index contributed by atoms with van der Waals surface area (Å²) in [6.45, 7) is 2.32. The lowest BCUT2D eigenvalue weighted by Gasteiger charge is -2.18. The number of hydrogen-bond acceptors (Lipinski definition) is 5. The molecule has 0 saturated carbocycles. The van der Waals surface area contributed by atoms with Gasteiger partial charge in [0.1, 0.15) is 0 Å². The zero-order valence-electron chi connectivity index (χ0n) is 15.9.